The summed E-state index contributed by atoms with van der Waals surface area (Å²) in [4.78, 5) is 51.6. The first-order valence-electron chi connectivity index (χ1n) is 19.2. The number of carbonyl (C=O) groups excluding carboxylic acids is 3. The Bertz CT molecular complexity index is 2290. The molecule has 296 valence electrons. The normalized spacial score (nSPS) is 20.1. The molecule has 2 aromatic carbocycles. The SMILES string of the molecule is CC1(C)C(=O)N(c2ccc(C#N)c(C(F)(F)F)c2)C(=S)N1c1ccc(N2CCC(CN3CCC(n4ccc5c(N6CCC(=O)NC6=O)cncc54)CC3)CC2)cc1. The molecule has 16 heteroatoms. The maximum absolute atomic E-state index is 13.8. The summed E-state index contributed by atoms with van der Waals surface area (Å²) in [5.74, 6) is -0.143. The lowest BCUT2D eigenvalue weighted by Crippen LogP contribution is -2.49. The fourth-order valence-corrected chi connectivity index (χ4v) is 9.30. The van der Waals surface area contributed by atoms with E-state index in [9.17, 15) is 32.8 Å². The number of nitrogens with zero attached hydrogens (tertiary/aromatic N) is 8. The van der Waals surface area contributed by atoms with Gasteiger partial charge in [-0.15, -0.1) is 0 Å². The molecule has 57 heavy (non-hydrogen) atoms. The Hall–Kier alpha value is -5.53. The largest absolute Gasteiger partial charge is 0.417 e. The van der Waals surface area contributed by atoms with Gasteiger partial charge in [-0.3, -0.25) is 29.7 Å². The average molecular weight is 798 g/mol. The molecule has 4 amide bonds. The maximum atomic E-state index is 13.8. The molecule has 0 spiro atoms. The van der Waals surface area contributed by atoms with Gasteiger partial charge in [0.25, 0.3) is 5.91 Å². The molecule has 2 aromatic heterocycles. The third-order valence-electron chi connectivity index (χ3n) is 11.9. The van der Waals surface area contributed by atoms with Crippen molar-refractivity contribution in [1.29, 1.82) is 5.26 Å². The van der Waals surface area contributed by atoms with E-state index in [1.54, 1.807) is 35.9 Å². The third kappa shape index (κ3) is 7.07. The van der Waals surface area contributed by atoms with Crippen LogP contribution in [0.5, 0.6) is 0 Å². The number of hydrogen-bond donors (Lipinski definition) is 1. The number of pyridine rings is 1. The second-order valence-electron chi connectivity index (χ2n) is 15.7. The van der Waals surface area contributed by atoms with E-state index in [-0.39, 0.29) is 23.1 Å². The molecule has 1 N–H and O–H groups in total. The summed E-state index contributed by atoms with van der Waals surface area (Å²) in [6, 6.07) is 14.5. The Labute approximate surface area is 333 Å². The highest BCUT2D eigenvalue weighted by Gasteiger charge is 2.51. The minimum absolute atomic E-state index is 0.0384. The molecule has 4 aliphatic heterocycles. The van der Waals surface area contributed by atoms with Crippen LogP contribution in [-0.4, -0.2) is 82.2 Å². The Morgan fingerprint density at radius 1 is 0.912 bits per heavy atom. The van der Waals surface area contributed by atoms with Crippen LogP contribution < -0.4 is 24.9 Å². The van der Waals surface area contributed by atoms with E-state index in [1.165, 1.54) is 6.07 Å². The zero-order valence-electron chi connectivity index (χ0n) is 31.6. The number of hydrogen-bond acceptors (Lipinski definition) is 8. The summed E-state index contributed by atoms with van der Waals surface area (Å²) in [7, 11) is 0. The van der Waals surface area contributed by atoms with Crippen LogP contribution in [0.3, 0.4) is 0 Å². The molecule has 4 aliphatic rings. The van der Waals surface area contributed by atoms with Crippen LogP contribution >= 0.6 is 12.2 Å². The second-order valence-corrected chi connectivity index (χ2v) is 16.1. The van der Waals surface area contributed by atoms with Crippen molar-refractivity contribution in [2.45, 2.75) is 63.7 Å². The van der Waals surface area contributed by atoms with Gasteiger partial charge in [0.1, 0.15) is 5.54 Å². The molecule has 0 unspecified atom stereocenters. The van der Waals surface area contributed by atoms with Crippen molar-refractivity contribution in [3.05, 3.63) is 78.2 Å². The van der Waals surface area contributed by atoms with Crippen molar-refractivity contribution >= 4 is 68.8 Å². The zero-order valence-corrected chi connectivity index (χ0v) is 32.4. The van der Waals surface area contributed by atoms with Gasteiger partial charge in [0.05, 0.1) is 46.5 Å². The molecule has 0 atom stereocenters. The molecule has 4 fully saturated rings. The number of rotatable bonds is 7. The number of alkyl halides is 3. The number of urea groups is 1. The molecular weight excluding hydrogens is 756 g/mol. The lowest BCUT2D eigenvalue weighted by Gasteiger charge is -2.39. The number of likely N-dealkylation sites (tertiary alicyclic amines) is 1. The Morgan fingerprint density at radius 2 is 1.60 bits per heavy atom. The molecule has 4 saturated heterocycles. The van der Waals surface area contributed by atoms with Gasteiger partial charge in [-0.2, -0.15) is 18.4 Å². The maximum Gasteiger partial charge on any atom is 0.417 e. The number of nitrogens with one attached hydrogen (secondary N) is 1. The Kier molecular flexibility index (Phi) is 9.93. The van der Waals surface area contributed by atoms with Gasteiger partial charge in [-0.05, 0) is 106 Å². The summed E-state index contributed by atoms with van der Waals surface area (Å²) in [5.41, 5.74) is 0.575. The standard InChI is InChI=1S/C41H42F3N9O3S/c1-40(2)37(55)52(31-4-3-27(22-45)33(21-31)41(42,43)44)39(57)53(40)30-7-5-28(6-8-30)49-17-9-26(10-18-49)25-48-15-11-29(12-16-48)50-19-13-32-34(50)23-46-24-35(32)51-20-14-36(54)47-38(51)56/h3-8,13,19,21,23-24,26,29H,9-12,14-18,20,25H2,1-2H3,(H,47,54,56). The highest BCUT2D eigenvalue weighted by Crippen LogP contribution is 2.40. The molecule has 8 rings (SSSR count). The number of nitriles is 1. The lowest BCUT2D eigenvalue weighted by atomic mass is 9.94. The first-order chi connectivity index (χ1) is 27.2. The van der Waals surface area contributed by atoms with Crippen LogP contribution in [0.2, 0.25) is 0 Å². The van der Waals surface area contributed by atoms with Gasteiger partial charge < -0.3 is 19.3 Å². The fraction of sp³-hybridized carbons (Fsp3) is 0.415. The molecule has 0 bridgehead atoms. The fourth-order valence-electron chi connectivity index (χ4n) is 8.78. The molecular formula is C41H42F3N9O3S. The summed E-state index contributed by atoms with van der Waals surface area (Å²) < 4.78 is 43.5. The van der Waals surface area contributed by atoms with Crippen molar-refractivity contribution in [3.63, 3.8) is 0 Å². The van der Waals surface area contributed by atoms with Gasteiger partial charge in [0.15, 0.2) is 5.11 Å². The van der Waals surface area contributed by atoms with Crippen LogP contribution in [0, 0.1) is 17.2 Å². The van der Waals surface area contributed by atoms with E-state index >= 15 is 0 Å². The van der Waals surface area contributed by atoms with Crippen molar-refractivity contribution in [2.24, 2.45) is 5.92 Å². The van der Waals surface area contributed by atoms with Gasteiger partial charge in [-0.1, -0.05) is 0 Å². The number of halogens is 3. The minimum atomic E-state index is -4.77. The van der Waals surface area contributed by atoms with Crippen LogP contribution in [0.15, 0.2) is 67.1 Å². The summed E-state index contributed by atoms with van der Waals surface area (Å²) in [6.07, 6.45) is 5.28. The number of aromatic nitrogens is 2. The van der Waals surface area contributed by atoms with E-state index in [0.717, 1.165) is 92.0 Å². The number of benzene rings is 2. The summed E-state index contributed by atoms with van der Waals surface area (Å²) >= 11 is 5.71. The number of amides is 4. The number of anilines is 4. The topological polar surface area (TPSA) is 121 Å². The van der Waals surface area contributed by atoms with Crippen LogP contribution in [0.1, 0.15) is 63.1 Å². The molecule has 12 nitrogen and oxygen atoms in total. The lowest BCUT2D eigenvalue weighted by molar-refractivity contribution is -0.137. The van der Waals surface area contributed by atoms with Crippen LogP contribution in [0.4, 0.5) is 40.7 Å². The van der Waals surface area contributed by atoms with Crippen molar-refractivity contribution in [3.8, 4) is 6.07 Å². The highest BCUT2D eigenvalue weighted by atomic mass is 32.1. The first-order valence-corrected chi connectivity index (χ1v) is 19.6. The summed E-state index contributed by atoms with van der Waals surface area (Å²) in [6.45, 7) is 8.59. The number of thiocarbonyl (C=S) groups is 1. The molecule has 0 saturated carbocycles. The average Bonchev–Trinajstić information content (AvgIpc) is 3.70. The minimum Gasteiger partial charge on any atom is -0.372 e. The predicted octanol–water partition coefficient (Wildman–Crippen LogP) is 6.84. The Morgan fingerprint density at radius 3 is 2.26 bits per heavy atom. The van der Waals surface area contributed by atoms with E-state index in [0.29, 0.717) is 29.9 Å². The van der Waals surface area contributed by atoms with Gasteiger partial charge in [0.2, 0.25) is 5.91 Å². The quantitative estimate of drug-likeness (QED) is 0.201. The monoisotopic (exact) mass is 797 g/mol. The molecule has 6 heterocycles. The smallest absolute Gasteiger partial charge is 0.372 e. The van der Waals surface area contributed by atoms with E-state index in [1.807, 2.05) is 36.5 Å². The number of imide groups is 1. The van der Waals surface area contributed by atoms with Gasteiger partial charge >= 0.3 is 12.2 Å². The summed E-state index contributed by atoms with van der Waals surface area (Å²) in [5, 5.41) is 12.6. The van der Waals surface area contributed by atoms with E-state index < -0.39 is 34.8 Å². The first kappa shape index (κ1) is 38.3. The molecule has 0 aliphatic carbocycles. The second kappa shape index (κ2) is 14.8. The predicted molar refractivity (Wildman–Crippen MR) is 214 cm³/mol. The molecule has 0 radical (unpaired) electrons. The third-order valence-corrected chi connectivity index (χ3v) is 12.2. The van der Waals surface area contributed by atoms with Crippen LogP contribution in [0.25, 0.3) is 10.9 Å². The zero-order chi connectivity index (χ0) is 40.2. The van der Waals surface area contributed by atoms with Crippen molar-refractivity contribution in [1.82, 2.24) is 19.8 Å². The van der Waals surface area contributed by atoms with Gasteiger partial charge in [0, 0.05) is 74.7 Å². The number of carbonyl (C=O) groups is 3. The van der Waals surface area contributed by atoms with Crippen molar-refractivity contribution < 1.29 is 27.6 Å². The van der Waals surface area contributed by atoms with Gasteiger partial charge in [-0.25, -0.2) is 4.79 Å². The highest BCUT2D eigenvalue weighted by molar-refractivity contribution is 7.81. The molecule has 4 aromatic rings. The van der Waals surface area contributed by atoms with E-state index in [2.05, 4.69) is 30.9 Å². The van der Waals surface area contributed by atoms with Crippen molar-refractivity contribution in [2.75, 3.05) is 58.9 Å². The van der Waals surface area contributed by atoms with E-state index in [4.69, 9.17) is 12.2 Å². The van der Waals surface area contributed by atoms with Crippen LogP contribution in [-0.2, 0) is 15.8 Å². The Balaban J connectivity index is 0.857. The number of fused-ring (bicyclic) bond motifs is 1. The number of piperidine rings is 2.